The van der Waals surface area contributed by atoms with Crippen LogP contribution in [0.5, 0.6) is 0 Å². The highest BCUT2D eigenvalue weighted by Crippen LogP contribution is 2.40. The molecule has 0 N–H and O–H groups in total. The maximum atomic E-state index is 12.9. The zero-order chi connectivity index (χ0) is 21.0. The van der Waals surface area contributed by atoms with Crippen LogP contribution in [0.25, 0.3) is 0 Å². The molecule has 2 atom stereocenters. The highest BCUT2D eigenvalue weighted by Gasteiger charge is 2.42. The van der Waals surface area contributed by atoms with Gasteiger partial charge in [-0.15, -0.1) is 6.42 Å². The lowest BCUT2D eigenvalue weighted by Crippen LogP contribution is -2.37. The van der Waals surface area contributed by atoms with Crippen molar-refractivity contribution in [1.29, 1.82) is 0 Å². The maximum Gasteiger partial charge on any atom is 0.336 e. The average molecular weight is 381 g/mol. The Morgan fingerprint density at radius 3 is 2.32 bits per heavy atom. The predicted molar refractivity (Wildman–Crippen MR) is 109 cm³/mol. The summed E-state index contributed by atoms with van der Waals surface area (Å²) in [5.41, 5.74) is 2.92. The van der Waals surface area contributed by atoms with Crippen molar-refractivity contribution < 1.29 is 19.1 Å². The van der Waals surface area contributed by atoms with E-state index in [4.69, 9.17) is 15.9 Å². The topological polar surface area (TPSA) is 65.0 Å². The fourth-order valence-electron chi connectivity index (χ4n) is 3.37. The number of carbonyl (C=O) groups is 2. The van der Waals surface area contributed by atoms with E-state index in [0.29, 0.717) is 22.5 Å². The first-order valence-electron chi connectivity index (χ1n) is 9.39. The lowest BCUT2D eigenvalue weighted by atomic mass is 9.75. The van der Waals surface area contributed by atoms with Crippen LogP contribution < -0.4 is 0 Å². The first-order valence-corrected chi connectivity index (χ1v) is 9.39. The van der Waals surface area contributed by atoms with E-state index >= 15 is 0 Å². The van der Waals surface area contributed by atoms with E-state index in [1.807, 2.05) is 18.2 Å². The van der Waals surface area contributed by atoms with Gasteiger partial charge in [0.1, 0.15) is 5.92 Å². The Hall–Kier alpha value is -2.87. The van der Waals surface area contributed by atoms with Crippen LogP contribution in [-0.2, 0) is 19.1 Å². The van der Waals surface area contributed by atoms with E-state index in [1.165, 1.54) is 0 Å². The Morgan fingerprint density at radius 2 is 1.75 bits per heavy atom. The van der Waals surface area contributed by atoms with Gasteiger partial charge in [0, 0.05) is 22.9 Å². The quantitative estimate of drug-likeness (QED) is 0.571. The minimum Gasteiger partial charge on any atom is -0.462 e. The Balaban J connectivity index is 2.65. The lowest BCUT2D eigenvalue weighted by Gasteiger charge is -2.32. The molecule has 0 fully saturated rings. The summed E-state index contributed by atoms with van der Waals surface area (Å²) < 4.78 is 10.9. The van der Waals surface area contributed by atoms with Gasteiger partial charge in [-0.1, -0.05) is 18.1 Å². The second-order valence-corrected chi connectivity index (χ2v) is 7.42. The number of rotatable bonds is 5. The standard InChI is InChI=1S/C23H27NO4/c1-8-17-10-9-11-18(12-17)21-19(22(25)27-13(2)3)15(6)24-16(7)20(21)23(26)28-14(4)5/h1,9-14,19,21H,2-7H3. The van der Waals surface area contributed by atoms with Crippen LogP contribution in [0.4, 0.5) is 0 Å². The van der Waals surface area contributed by atoms with Gasteiger partial charge in [-0.25, -0.2) is 4.79 Å². The van der Waals surface area contributed by atoms with Crippen molar-refractivity contribution in [2.75, 3.05) is 0 Å². The third kappa shape index (κ3) is 4.69. The van der Waals surface area contributed by atoms with E-state index in [-0.39, 0.29) is 12.2 Å². The molecule has 28 heavy (non-hydrogen) atoms. The molecular weight excluding hydrogens is 354 g/mol. The van der Waals surface area contributed by atoms with Gasteiger partial charge in [0.2, 0.25) is 0 Å². The molecular formula is C23H27NO4. The molecule has 2 unspecified atom stereocenters. The van der Waals surface area contributed by atoms with Crippen molar-refractivity contribution in [2.45, 2.75) is 59.7 Å². The highest BCUT2D eigenvalue weighted by molar-refractivity contribution is 6.07. The van der Waals surface area contributed by atoms with Gasteiger partial charge >= 0.3 is 11.9 Å². The van der Waals surface area contributed by atoms with Crippen molar-refractivity contribution in [2.24, 2.45) is 10.9 Å². The summed E-state index contributed by atoms with van der Waals surface area (Å²) in [6.45, 7) is 10.7. The summed E-state index contributed by atoms with van der Waals surface area (Å²) in [5, 5.41) is 0. The molecule has 1 heterocycles. The fourth-order valence-corrected chi connectivity index (χ4v) is 3.37. The van der Waals surface area contributed by atoms with Crippen molar-refractivity contribution in [1.82, 2.24) is 0 Å². The van der Waals surface area contributed by atoms with Crippen LogP contribution in [0.1, 0.15) is 58.6 Å². The Morgan fingerprint density at radius 1 is 1.11 bits per heavy atom. The molecule has 0 saturated heterocycles. The minimum atomic E-state index is -0.728. The van der Waals surface area contributed by atoms with Gasteiger partial charge in [-0.2, -0.15) is 0 Å². The minimum absolute atomic E-state index is 0.281. The molecule has 0 saturated carbocycles. The lowest BCUT2D eigenvalue weighted by molar-refractivity contribution is -0.150. The van der Waals surface area contributed by atoms with Crippen LogP contribution in [0.2, 0.25) is 0 Å². The largest absolute Gasteiger partial charge is 0.462 e. The van der Waals surface area contributed by atoms with Crippen molar-refractivity contribution >= 4 is 17.7 Å². The molecule has 0 spiro atoms. The van der Waals surface area contributed by atoms with Gasteiger partial charge < -0.3 is 9.47 Å². The van der Waals surface area contributed by atoms with E-state index in [1.54, 1.807) is 47.6 Å². The number of ether oxygens (including phenoxy) is 2. The van der Waals surface area contributed by atoms with Gasteiger partial charge in [-0.3, -0.25) is 9.79 Å². The molecule has 0 bridgehead atoms. The summed E-state index contributed by atoms with van der Waals surface area (Å²) in [7, 11) is 0. The molecule has 1 aromatic rings. The number of benzene rings is 1. The number of carbonyl (C=O) groups excluding carboxylic acids is 2. The molecule has 148 valence electrons. The van der Waals surface area contributed by atoms with Crippen molar-refractivity contribution in [3.8, 4) is 12.3 Å². The maximum absolute atomic E-state index is 12.9. The Bertz CT molecular complexity index is 871. The summed E-state index contributed by atoms with van der Waals surface area (Å²) in [5.74, 6) is 0.389. The number of hydrogen-bond donors (Lipinski definition) is 0. The molecule has 1 aromatic carbocycles. The third-order valence-electron chi connectivity index (χ3n) is 4.41. The van der Waals surface area contributed by atoms with E-state index < -0.39 is 23.8 Å². The van der Waals surface area contributed by atoms with Crippen LogP contribution in [0.3, 0.4) is 0 Å². The first-order chi connectivity index (χ1) is 13.1. The summed E-state index contributed by atoms with van der Waals surface area (Å²) in [6, 6.07) is 7.29. The van der Waals surface area contributed by atoms with E-state index in [9.17, 15) is 9.59 Å². The van der Waals surface area contributed by atoms with E-state index in [2.05, 4.69) is 10.9 Å². The number of hydrogen-bond acceptors (Lipinski definition) is 5. The smallest absolute Gasteiger partial charge is 0.336 e. The molecule has 1 aliphatic rings. The zero-order valence-corrected chi connectivity index (χ0v) is 17.3. The van der Waals surface area contributed by atoms with Crippen LogP contribution in [0, 0.1) is 18.3 Å². The monoisotopic (exact) mass is 381 g/mol. The number of terminal acetylenes is 1. The summed E-state index contributed by atoms with van der Waals surface area (Å²) in [6.07, 6.45) is 4.98. The van der Waals surface area contributed by atoms with Gasteiger partial charge in [-0.05, 0) is 59.2 Å². The first kappa shape index (κ1) is 21.4. The molecule has 0 aliphatic carbocycles. The fraction of sp³-hybridized carbons (Fsp3) is 0.435. The number of aliphatic imine (C=N–C) groups is 1. The molecule has 0 radical (unpaired) electrons. The molecule has 2 rings (SSSR count). The summed E-state index contributed by atoms with van der Waals surface area (Å²) in [4.78, 5) is 30.3. The number of esters is 2. The summed E-state index contributed by atoms with van der Waals surface area (Å²) >= 11 is 0. The molecule has 5 heteroatoms. The third-order valence-corrected chi connectivity index (χ3v) is 4.41. The van der Waals surface area contributed by atoms with Crippen LogP contribution >= 0.6 is 0 Å². The van der Waals surface area contributed by atoms with Crippen LogP contribution in [-0.4, -0.2) is 29.9 Å². The van der Waals surface area contributed by atoms with Gasteiger partial charge in [0.15, 0.2) is 0 Å². The zero-order valence-electron chi connectivity index (χ0n) is 17.3. The normalized spacial score (nSPS) is 19.3. The molecule has 1 aliphatic heterocycles. The molecule has 0 aromatic heterocycles. The van der Waals surface area contributed by atoms with Gasteiger partial charge in [0.05, 0.1) is 17.8 Å². The molecule has 0 amide bonds. The average Bonchev–Trinajstić information content (AvgIpc) is 2.59. The van der Waals surface area contributed by atoms with E-state index in [0.717, 1.165) is 5.56 Å². The Labute approximate surface area is 166 Å². The second-order valence-electron chi connectivity index (χ2n) is 7.42. The Kier molecular flexibility index (Phi) is 6.80. The number of allylic oxidation sites excluding steroid dienone is 1. The van der Waals surface area contributed by atoms with Gasteiger partial charge in [0.25, 0.3) is 0 Å². The van der Waals surface area contributed by atoms with Crippen molar-refractivity contribution in [3.05, 3.63) is 46.7 Å². The second kappa shape index (κ2) is 8.88. The highest BCUT2D eigenvalue weighted by atomic mass is 16.5. The molecule has 5 nitrogen and oxygen atoms in total. The van der Waals surface area contributed by atoms with Crippen LogP contribution in [0.15, 0.2) is 40.5 Å². The SMILES string of the molecule is C#Cc1cccc(C2C(C(=O)OC(C)C)=C(C)N=C(C)C2C(=O)OC(C)C)c1. The van der Waals surface area contributed by atoms with Crippen molar-refractivity contribution in [3.63, 3.8) is 0 Å². The number of nitrogens with zero attached hydrogens (tertiary/aromatic N) is 1. The predicted octanol–water partition coefficient (Wildman–Crippen LogP) is 4.02.